The predicted octanol–water partition coefficient (Wildman–Crippen LogP) is 2.77. The third-order valence-corrected chi connectivity index (χ3v) is 4.92. The van der Waals surface area contributed by atoms with Gasteiger partial charge in [0.1, 0.15) is 0 Å². The van der Waals surface area contributed by atoms with Gasteiger partial charge in [-0.2, -0.15) is 0 Å². The first-order valence-electron chi connectivity index (χ1n) is 5.51. The molecule has 1 heterocycles. The molecule has 1 aromatic rings. The molecule has 1 N–H and O–H groups in total. The van der Waals surface area contributed by atoms with Crippen LogP contribution in [0.25, 0.3) is 0 Å². The van der Waals surface area contributed by atoms with Crippen molar-refractivity contribution in [2.24, 2.45) is 0 Å². The number of nitrogens with one attached hydrogen (secondary N) is 1. The van der Waals surface area contributed by atoms with Gasteiger partial charge in [0.05, 0.1) is 11.4 Å². The van der Waals surface area contributed by atoms with E-state index in [9.17, 15) is 8.42 Å². The number of halogens is 1. The minimum atomic E-state index is -3.28. The SMILES string of the molecule is CCc1nc(NS(=O)(=O)CCCCCl)sc1C. The lowest BCUT2D eigenvalue weighted by atomic mass is 10.3. The molecule has 0 atom stereocenters. The Hall–Kier alpha value is -0.330. The van der Waals surface area contributed by atoms with Gasteiger partial charge in [-0.25, -0.2) is 13.4 Å². The zero-order valence-corrected chi connectivity index (χ0v) is 12.4. The average molecular weight is 297 g/mol. The zero-order chi connectivity index (χ0) is 12.9. The van der Waals surface area contributed by atoms with Crippen molar-refractivity contribution in [3.63, 3.8) is 0 Å². The number of hydrogen-bond donors (Lipinski definition) is 1. The van der Waals surface area contributed by atoms with Crippen molar-refractivity contribution in [1.29, 1.82) is 0 Å². The van der Waals surface area contributed by atoms with Gasteiger partial charge in [0.25, 0.3) is 0 Å². The van der Waals surface area contributed by atoms with Gasteiger partial charge in [-0.05, 0) is 26.2 Å². The van der Waals surface area contributed by atoms with Crippen LogP contribution in [0.1, 0.15) is 30.3 Å². The molecule has 0 aromatic carbocycles. The molecule has 0 aliphatic carbocycles. The second-order valence-electron chi connectivity index (χ2n) is 3.69. The Balaban J connectivity index is 2.63. The van der Waals surface area contributed by atoms with Crippen molar-refractivity contribution in [2.45, 2.75) is 33.1 Å². The Bertz CT molecular complexity index is 457. The summed E-state index contributed by atoms with van der Waals surface area (Å²) in [5.41, 5.74) is 0.952. The van der Waals surface area contributed by atoms with Crippen LogP contribution in [0.15, 0.2) is 0 Å². The maximum atomic E-state index is 11.7. The van der Waals surface area contributed by atoms with Crippen molar-refractivity contribution in [3.05, 3.63) is 10.6 Å². The summed E-state index contributed by atoms with van der Waals surface area (Å²) in [7, 11) is -3.28. The number of aryl methyl sites for hydroxylation is 2. The maximum Gasteiger partial charge on any atom is 0.234 e. The lowest BCUT2D eigenvalue weighted by Crippen LogP contribution is -2.16. The summed E-state index contributed by atoms with van der Waals surface area (Å²) in [6.07, 6.45) is 2.10. The minimum absolute atomic E-state index is 0.0970. The van der Waals surface area contributed by atoms with Gasteiger partial charge in [-0.15, -0.1) is 22.9 Å². The normalized spacial score (nSPS) is 11.7. The number of aromatic nitrogens is 1. The molecule has 0 bridgehead atoms. The molecule has 0 aliphatic rings. The van der Waals surface area contributed by atoms with Crippen LogP contribution in [-0.2, 0) is 16.4 Å². The standard InChI is InChI=1S/C10H17ClN2O2S2/c1-3-9-8(2)16-10(12-9)13-17(14,15)7-5-4-6-11/h3-7H2,1-2H3,(H,12,13). The third kappa shape index (κ3) is 4.81. The first-order chi connectivity index (χ1) is 7.98. The fraction of sp³-hybridized carbons (Fsp3) is 0.700. The average Bonchev–Trinajstić information content (AvgIpc) is 2.58. The van der Waals surface area contributed by atoms with E-state index in [-0.39, 0.29) is 5.75 Å². The number of nitrogens with zero attached hydrogens (tertiary/aromatic N) is 1. The molecule has 0 aliphatic heterocycles. The second-order valence-corrected chi connectivity index (χ2v) is 7.12. The second kappa shape index (κ2) is 6.56. The van der Waals surface area contributed by atoms with E-state index in [1.807, 2.05) is 13.8 Å². The molecule has 1 rings (SSSR count). The van der Waals surface area contributed by atoms with Gasteiger partial charge >= 0.3 is 0 Å². The summed E-state index contributed by atoms with van der Waals surface area (Å²) >= 11 is 6.89. The van der Waals surface area contributed by atoms with Gasteiger partial charge in [0.2, 0.25) is 10.0 Å². The molecule has 0 saturated carbocycles. The van der Waals surface area contributed by atoms with Gasteiger partial charge in [0.15, 0.2) is 5.13 Å². The Morgan fingerprint density at radius 1 is 1.41 bits per heavy atom. The number of hydrogen-bond acceptors (Lipinski definition) is 4. The number of sulfonamides is 1. The van der Waals surface area contributed by atoms with Crippen LogP contribution in [0, 0.1) is 6.92 Å². The summed E-state index contributed by atoms with van der Waals surface area (Å²) in [6, 6.07) is 0. The highest BCUT2D eigenvalue weighted by atomic mass is 35.5. The zero-order valence-electron chi connectivity index (χ0n) is 9.99. The Morgan fingerprint density at radius 3 is 2.65 bits per heavy atom. The van der Waals surface area contributed by atoms with Crippen molar-refractivity contribution in [3.8, 4) is 0 Å². The highest BCUT2D eigenvalue weighted by Gasteiger charge is 2.13. The molecule has 98 valence electrons. The summed E-state index contributed by atoms with van der Waals surface area (Å²) < 4.78 is 25.9. The first kappa shape index (κ1) is 14.7. The number of alkyl halides is 1. The van der Waals surface area contributed by atoms with Gasteiger partial charge in [0, 0.05) is 10.8 Å². The van der Waals surface area contributed by atoms with Crippen LogP contribution in [0.3, 0.4) is 0 Å². The van der Waals surface area contributed by atoms with Crippen LogP contribution in [0.2, 0.25) is 0 Å². The number of unbranched alkanes of at least 4 members (excludes halogenated alkanes) is 1. The third-order valence-electron chi connectivity index (χ3n) is 2.27. The van der Waals surface area contributed by atoms with Crippen LogP contribution in [0.4, 0.5) is 5.13 Å². The Labute approximate surface area is 111 Å². The molecule has 7 heteroatoms. The van der Waals surface area contributed by atoms with Gasteiger partial charge in [-0.3, -0.25) is 4.72 Å². The molecule has 0 radical (unpaired) electrons. The number of rotatable bonds is 7. The van der Waals surface area contributed by atoms with E-state index in [4.69, 9.17) is 11.6 Å². The van der Waals surface area contributed by atoms with Crippen molar-refractivity contribution in [1.82, 2.24) is 4.98 Å². The highest BCUT2D eigenvalue weighted by molar-refractivity contribution is 7.92. The molecule has 1 aromatic heterocycles. The van der Waals surface area contributed by atoms with E-state index in [2.05, 4.69) is 9.71 Å². The molecule has 0 saturated heterocycles. The lowest BCUT2D eigenvalue weighted by molar-refractivity contribution is 0.598. The first-order valence-corrected chi connectivity index (χ1v) is 8.51. The lowest BCUT2D eigenvalue weighted by Gasteiger charge is -2.03. The van der Waals surface area contributed by atoms with E-state index in [0.29, 0.717) is 23.9 Å². The Kier molecular flexibility index (Phi) is 5.69. The molecule has 17 heavy (non-hydrogen) atoms. The van der Waals surface area contributed by atoms with Crippen LogP contribution in [-0.4, -0.2) is 25.0 Å². The van der Waals surface area contributed by atoms with Crippen LogP contribution in [0.5, 0.6) is 0 Å². The molecular formula is C10H17ClN2O2S2. The number of thiazole rings is 1. The minimum Gasteiger partial charge on any atom is -0.259 e. The Morgan fingerprint density at radius 2 is 2.12 bits per heavy atom. The maximum absolute atomic E-state index is 11.7. The fourth-order valence-electron chi connectivity index (χ4n) is 1.37. The van der Waals surface area contributed by atoms with E-state index in [1.54, 1.807) is 0 Å². The quantitative estimate of drug-likeness (QED) is 0.622. The van der Waals surface area contributed by atoms with Gasteiger partial charge < -0.3 is 0 Å². The van der Waals surface area contributed by atoms with E-state index in [1.165, 1.54) is 11.3 Å². The summed E-state index contributed by atoms with van der Waals surface area (Å²) in [6.45, 7) is 3.95. The summed E-state index contributed by atoms with van der Waals surface area (Å²) in [4.78, 5) is 5.30. The smallest absolute Gasteiger partial charge is 0.234 e. The molecular weight excluding hydrogens is 280 g/mol. The van der Waals surface area contributed by atoms with E-state index in [0.717, 1.165) is 17.0 Å². The molecule has 0 unspecified atom stereocenters. The monoisotopic (exact) mass is 296 g/mol. The molecule has 4 nitrogen and oxygen atoms in total. The fourth-order valence-corrected chi connectivity index (χ4v) is 3.86. The van der Waals surface area contributed by atoms with E-state index < -0.39 is 10.0 Å². The summed E-state index contributed by atoms with van der Waals surface area (Å²) in [5, 5.41) is 0.463. The van der Waals surface area contributed by atoms with E-state index >= 15 is 0 Å². The van der Waals surface area contributed by atoms with Gasteiger partial charge in [-0.1, -0.05) is 6.92 Å². The van der Waals surface area contributed by atoms with Crippen molar-refractivity contribution in [2.75, 3.05) is 16.4 Å². The number of anilines is 1. The molecule has 0 fully saturated rings. The van der Waals surface area contributed by atoms with Crippen molar-refractivity contribution < 1.29 is 8.42 Å². The molecule has 0 spiro atoms. The van der Waals surface area contributed by atoms with Crippen LogP contribution >= 0.6 is 22.9 Å². The highest BCUT2D eigenvalue weighted by Crippen LogP contribution is 2.23. The summed E-state index contributed by atoms with van der Waals surface area (Å²) in [5.74, 6) is 0.589. The molecule has 0 amide bonds. The predicted molar refractivity (Wildman–Crippen MR) is 73.6 cm³/mol. The largest absolute Gasteiger partial charge is 0.259 e. The topological polar surface area (TPSA) is 59.1 Å². The van der Waals surface area contributed by atoms with Crippen LogP contribution < -0.4 is 4.72 Å². The van der Waals surface area contributed by atoms with Crippen molar-refractivity contribution >= 4 is 38.1 Å².